The molecule has 0 bridgehead atoms. The van der Waals surface area contributed by atoms with Crippen molar-refractivity contribution in [2.45, 2.75) is 32.8 Å². The molecule has 1 aliphatic rings. The lowest BCUT2D eigenvalue weighted by Gasteiger charge is -2.11. The van der Waals surface area contributed by atoms with Gasteiger partial charge in [0.15, 0.2) is 5.76 Å². The van der Waals surface area contributed by atoms with Crippen LogP contribution in [0.3, 0.4) is 0 Å². The highest BCUT2D eigenvalue weighted by molar-refractivity contribution is 6.00. The van der Waals surface area contributed by atoms with E-state index in [1.54, 1.807) is 6.92 Å². The lowest BCUT2D eigenvalue weighted by molar-refractivity contribution is 0.0857. The molecule has 5 nitrogen and oxygen atoms in total. The molecule has 1 unspecified atom stereocenters. The molecule has 5 heteroatoms. The summed E-state index contributed by atoms with van der Waals surface area (Å²) >= 11 is 0. The quantitative estimate of drug-likeness (QED) is 0.943. The fourth-order valence-electron chi connectivity index (χ4n) is 2.75. The monoisotopic (exact) mass is 300 g/mol. The van der Waals surface area contributed by atoms with Gasteiger partial charge in [0, 0.05) is 18.7 Å². The number of carbonyl (C=O) groups excluding carboxylic acids is 1. The molecule has 116 valence electrons. The van der Waals surface area contributed by atoms with Crippen LogP contribution >= 0.6 is 0 Å². The summed E-state index contributed by atoms with van der Waals surface area (Å²) in [6.45, 7) is 5.07. The van der Waals surface area contributed by atoms with Crippen LogP contribution in [-0.2, 0) is 4.74 Å². The van der Waals surface area contributed by atoms with Crippen molar-refractivity contribution >= 4 is 5.91 Å². The average molecular weight is 300 g/mol. The molecule has 1 fully saturated rings. The molecule has 0 spiro atoms. The van der Waals surface area contributed by atoms with E-state index >= 15 is 0 Å². The number of carbonyl (C=O) groups is 1. The van der Waals surface area contributed by atoms with Gasteiger partial charge in [-0.05, 0) is 32.3 Å². The van der Waals surface area contributed by atoms with Crippen LogP contribution in [0.1, 0.15) is 34.5 Å². The Bertz CT molecular complexity index is 672. The van der Waals surface area contributed by atoms with Crippen LogP contribution in [0.15, 0.2) is 28.8 Å². The van der Waals surface area contributed by atoms with E-state index in [-0.39, 0.29) is 12.0 Å². The van der Waals surface area contributed by atoms with Gasteiger partial charge < -0.3 is 14.6 Å². The Hall–Kier alpha value is -2.14. The Labute approximate surface area is 129 Å². The Morgan fingerprint density at radius 2 is 2.18 bits per heavy atom. The number of nitrogens with zero attached hydrogens (tertiary/aromatic N) is 1. The molecule has 1 saturated heterocycles. The second kappa shape index (κ2) is 6.32. The molecule has 2 heterocycles. The molecule has 1 amide bonds. The smallest absolute Gasteiger partial charge is 0.257 e. The minimum atomic E-state index is -0.160. The Kier molecular flexibility index (Phi) is 4.24. The summed E-state index contributed by atoms with van der Waals surface area (Å²) in [7, 11) is 0. The minimum Gasteiger partial charge on any atom is -0.376 e. The molecule has 0 saturated carbocycles. The summed E-state index contributed by atoms with van der Waals surface area (Å²) in [5.41, 5.74) is 3.05. The van der Waals surface area contributed by atoms with Crippen LogP contribution < -0.4 is 5.32 Å². The molecule has 2 aromatic rings. The standard InChI is InChI=1S/C17H20N2O3/c1-11-6-3-4-8-14(11)16-15(12(2)19-22-16)17(20)18-10-13-7-5-9-21-13/h3-4,6,8,13H,5,7,9-10H2,1-2H3,(H,18,20). The summed E-state index contributed by atoms with van der Waals surface area (Å²) in [5.74, 6) is 0.368. The number of hydrogen-bond acceptors (Lipinski definition) is 4. The summed E-state index contributed by atoms with van der Waals surface area (Å²) in [6, 6.07) is 7.81. The third-order valence-electron chi connectivity index (χ3n) is 3.99. The van der Waals surface area contributed by atoms with Crippen molar-refractivity contribution in [2.24, 2.45) is 0 Å². The van der Waals surface area contributed by atoms with Gasteiger partial charge in [-0.3, -0.25) is 4.79 Å². The second-order valence-corrected chi connectivity index (χ2v) is 5.63. The Morgan fingerprint density at radius 1 is 1.36 bits per heavy atom. The van der Waals surface area contributed by atoms with Crippen LogP contribution in [0.2, 0.25) is 0 Å². The van der Waals surface area contributed by atoms with Crippen molar-refractivity contribution in [3.63, 3.8) is 0 Å². The normalized spacial score (nSPS) is 17.6. The van der Waals surface area contributed by atoms with E-state index < -0.39 is 0 Å². The van der Waals surface area contributed by atoms with Crippen LogP contribution in [0.5, 0.6) is 0 Å². The molecule has 1 aliphatic heterocycles. The van der Waals surface area contributed by atoms with Gasteiger partial charge in [-0.25, -0.2) is 0 Å². The number of aryl methyl sites for hydroxylation is 2. The number of amides is 1. The third-order valence-corrected chi connectivity index (χ3v) is 3.99. The summed E-state index contributed by atoms with van der Waals surface area (Å²) in [4.78, 5) is 12.5. The zero-order valence-electron chi connectivity index (χ0n) is 12.9. The van der Waals surface area contributed by atoms with Crippen LogP contribution in [0.4, 0.5) is 0 Å². The third kappa shape index (κ3) is 2.90. The average Bonchev–Trinajstić information content (AvgIpc) is 3.15. The Balaban J connectivity index is 1.82. The predicted octanol–water partition coefficient (Wildman–Crippen LogP) is 2.87. The lowest BCUT2D eigenvalue weighted by Crippen LogP contribution is -2.32. The molecule has 1 aromatic heterocycles. The van der Waals surface area contributed by atoms with Gasteiger partial charge in [0.1, 0.15) is 5.56 Å². The van der Waals surface area contributed by atoms with E-state index in [2.05, 4.69) is 10.5 Å². The minimum absolute atomic E-state index is 0.117. The number of hydrogen-bond donors (Lipinski definition) is 1. The van der Waals surface area contributed by atoms with Crippen LogP contribution in [0, 0.1) is 13.8 Å². The predicted molar refractivity (Wildman–Crippen MR) is 82.7 cm³/mol. The van der Waals surface area contributed by atoms with Crippen molar-refractivity contribution in [2.75, 3.05) is 13.2 Å². The van der Waals surface area contributed by atoms with Crippen LogP contribution in [-0.4, -0.2) is 30.3 Å². The zero-order valence-corrected chi connectivity index (χ0v) is 12.9. The second-order valence-electron chi connectivity index (χ2n) is 5.63. The highest BCUT2D eigenvalue weighted by Crippen LogP contribution is 2.28. The van der Waals surface area contributed by atoms with Gasteiger partial charge in [0.2, 0.25) is 0 Å². The van der Waals surface area contributed by atoms with Crippen molar-refractivity contribution in [3.05, 3.63) is 41.1 Å². The first kappa shape index (κ1) is 14.8. The number of ether oxygens (including phenoxy) is 1. The van der Waals surface area contributed by atoms with Crippen molar-refractivity contribution < 1.29 is 14.1 Å². The van der Waals surface area contributed by atoms with E-state index in [1.807, 2.05) is 31.2 Å². The molecule has 0 radical (unpaired) electrons. The first-order valence-electron chi connectivity index (χ1n) is 7.59. The van der Waals surface area contributed by atoms with E-state index in [1.165, 1.54) is 0 Å². The van der Waals surface area contributed by atoms with Gasteiger partial charge in [0.05, 0.1) is 11.8 Å². The molecule has 1 atom stereocenters. The van der Waals surface area contributed by atoms with Gasteiger partial charge in [-0.1, -0.05) is 29.4 Å². The largest absolute Gasteiger partial charge is 0.376 e. The van der Waals surface area contributed by atoms with Crippen molar-refractivity contribution in [3.8, 4) is 11.3 Å². The maximum absolute atomic E-state index is 12.5. The fourth-order valence-corrected chi connectivity index (χ4v) is 2.75. The molecular weight excluding hydrogens is 280 g/mol. The maximum Gasteiger partial charge on any atom is 0.257 e. The fraction of sp³-hybridized carbons (Fsp3) is 0.412. The van der Waals surface area contributed by atoms with Crippen LogP contribution in [0.25, 0.3) is 11.3 Å². The Morgan fingerprint density at radius 3 is 2.91 bits per heavy atom. The molecule has 3 rings (SSSR count). The van der Waals surface area contributed by atoms with E-state index in [0.29, 0.717) is 23.6 Å². The molecule has 1 aromatic carbocycles. The first-order valence-corrected chi connectivity index (χ1v) is 7.59. The highest BCUT2D eigenvalue weighted by atomic mass is 16.5. The lowest BCUT2D eigenvalue weighted by atomic mass is 10.0. The maximum atomic E-state index is 12.5. The van der Waals surface area contributed by atoms with E-state index in [0.717, 1.165) is 30.6 Å². The van der Waals surface area contributed by atoms with Gasteiger partial charge in [-0.2, -0.15) is 0 Å². The number of rotatable bonds is 4. The van der Waals surface area contributed by atoms with Gasteiger partial charge in [-0.15, -0.1) is 0 Å². The van der Waals surface area contributed by atoms with E-state index in [9.17, 15) is 4.79 Å². The summed E-state index contributed by atoms with van der Waals surface area (Å²) in [6.07, 6.45) is 2.17. The SMILES string of the molecule is Cc1ccccc1-c1onc(C)c1C(=O)NCC1CCCO1. The molecule has 1 N–H and O–H groups in total. The topological polar surface area (TPSA) is 64.4 Å². The van der Waals surface area contributed by atoms with Crippen molar-refractivity contribution in [1.82, 2.24) is 10.5 Å². The molecular formula is C17H20N2O3. The van der Waals surface area contributed by atoms with E-state index in [4.69, 9.17) is 9.26 Å². The number of benzene rings is 1. The van der Waals surface area contributed by atoms with Gasteiger partial charge >= 0.3 is 0 Å². The summed E-state index contributed by atoms with van der Waals surface area (Å²) < 4.78 is 10.9. The first-order chi connectivity index (χ1) is 10.7. The van der Waals surface area contributed by atoms with Crippen molar-refractivity contribution in [1.29, 1.82) is 0 Å². The molecule has 22 heavy (non-hydrogen) atoms. The van der Waals surface area contributed by atoms with Gasteiger partial charge in [0.25, 0.3) is 5.91 Å². The number of aromatic nitrogens is 1. The summed E-state index contributed by atoms with van der Waals surface area (Å²) in [5, 5.41) is 6.90. The number of nitrogens with one attached hydrogen (secondary N) is 1. The zero-order chi connectivity index (χ0) is 15.5. The molecule has 0 aliphatic carbocycles. The highest BCUT2D eigenvalue weighted by Gasteiger charge is 2.24.